The lowest BCUT2D eigenvalue weighted by Crippen LogP contribution is -2.30. The maximum Gasteiger partial charge on any atom is 0.338 e. The van der Waals surface area contributed by atoms with E-state index in [1.54, 1.807) is 6.92 Å². The Morgan fingerprint density at radius 2 is 2.08 bits per heavy atom. The molecule has 0 atom stereocenters. The van der Waals surface area contributed by atoms with E-state index >= 15 is 0 Å². The molecule has 0 saturated heterocycles. The standard InChI is InChI=1S/C19H19N3O4/c1-13-11-14(7-8-17(13)22(24)25)19(23)26-10-9-21(2)18-16-6-4-3-5-15(16)12-20-18/h3-8,11H,9-10,12H2,1-2H3. The normalized spacial score (nSPS) is 12.3. The fourth-order valence-corrected chi connectivity index (χ4v) is 2.90. The molecule has 1 heterocycles. The summed E-state index contributed by atoms with van der Waals surface area (Å²) in [4.78, 5) is 29.0. The molecule has 0 fully saturated rings. The van der Waals surface area contributed by atoms with Crippen molar-refractivity contribution in [1.82, 2.24) is 4.90 Å². The van der Waals surface area contributed by atoms with E-state index in [-0.39, 0.29) is 12.3 Å². The highest BCUT2D eigenvalue weighted by Gasteiger charge is 2.19. The summed E-state index contributed by atoms with van der Waals surface area (Å²) in [5, 5.41) is 10.8. The van der Waals surface area contributed by atoms with E-state index < -0.39 is 10.9 Å². The number of hydrogen-bond acceptors (Lipinski definition) is 6. The number of fused-ring (bicyclic) bond motifs is 1. The van der Waals surface area contributed by atoms with Crippen LogP contribution in [0.25, 0.3) is 0 Å². The van der Waals surface area contributed by atoms with Gasteiger partial charge in [0, 0.05) is 24.2 Å². The van der Waals surface area contributed by atoms with Crippen molar-refractivity contribution in [2.75, 3.05) is 20.2 Å². The molecule has 0 saturated carbocycles. The Kier molecular flexibility index (Phi) is 4.97. The van der Waals surface area contributed by atoms with Gasteiger partial charge in [-0.1, -0.05) is 24.3 Å². The second kappa shape index (κ2) is 7.35. The molecule has 2 aromatic rings. The van der Waals surface area contributed by atoms with Gasteiger partial charge in [0.25, 0.3) is 5.69 Å². The lowest BCUT2D eigenvalue weighted by molar-refractivity contribution is -0.385. The van der Waals surface area contributed by atoms with Crippen LogP contribution in [0.3, 0.4) is 0 Å². The number of nitro benzene ring substituents is 1. The Labute approximate surface area is 151 Å². The lowest BCUT2D eigenvalue weighted by atomic mass is 10.1. The second-order valence-corrected chi connectivity index (χ2v) is 6.11. The zero-order chi connectivity index (χ0) is 18.7. The van der Waals surface area contributed by atoms with Crippen LogP contribution < -0.4 is 0 Å². The number of amidine groups is 1. The predicted molar refractivity (Wildman–Crippen MR) is 97.4 cm³/mol. The molecule has 0 amide bonds. The molecule has 3 rings (SSSR count). The van der Waals surface area contributed by atoms with Crippen molar-refractivity contribution in [2.24, 2.45) is 4.99 Å². The quantitative estimate of drug-likeness (QED) is 0.469. The molecular weight excluding hydrogens is 334 g/mol. The maximum atomic E-state index is 12.1. The van der Waals surface area contributed by atoms with Gasteiger partial charge in [0.15, 0.2) is 0 Å². The molecule has 26 heavy (non-hydrogen) atoms. The van der Waals surface area contributed by atoms with Gasteiger partial charge >= 0.3 is 5.97 Å². The third-order valence-electron chi connectivity index (χ3n) is 4.31. The van der Waals surface area contributed by atoms with E-state index in [2.05, 4.69) is 11.1 Å². The number of ether oxygens (including phenoxy) is 1. The van der Waals surface area contributed by atoms with Crippen LogP contribution >= 0.6 is 0 Å². The summed E-state index contributed by atoms with van der Waals surface area (Å²) in [5.41, 5.74) is 3.01. The van der Waals surface area contributed by atoms with Crippen molar-refractivity contribution in [3.63, 3.8) is 0 Å². The van der Waals surface area contributed by atoms with Crippen molar-refractivity contribution < 1.29 is 14.5 Å². The summed E-state index contributed by atoms with van der Waals surface area (Å²) in [7, 11) is 1.91. The van der Waals surface area contributed by atoms with Gasteiger partial charge in [-0.2, -0.15) is 0 Å². The van der Waals surface area contributed by atoms with Gasteiger partial charge in [0.2, 0.25) is 0 Å². The number of rotatable bonds is 5. The Hall–Kier alpha value is -3.22. The van der Waals surface area contributed by atoms with Crippen molar-refractivity contribution in [3.8, 4) is 0 Å². The number of nitrogens with zero attached hydrogens (tertiary/aromatic N) is 3. The van der Waals surface area contributed by atoms with Crippen LogP contribution in [0.4, 0.5) is 5.69 Å². The van der Waals surface area contributed by atoms with Crippen LogP contribution in [-0.2, 0) is 11.3 Å². The topological polar surface area (TPSA) is 85.0 Å². The Bertz CT molecular complexity index is 892. The summed E-state index contributed by atoms with van der Waals surface area (Å²) in [6, 6.07) is 12.3. The zero-order valence-electron chi connectivity index (χ0n) is 14.6. The zero-order valence-corrected chi connectivity index (χ0v) is 14.6. The first kappa shape index (κ1) is 17.6. The minimum Gasteiger partial charge on any atom is -0.460 e. The SMILES string of the molecule is Cc1cc(C(=O)OCCN(C)C2=NCc3ccccc32)ccc1[N+](=O)[O-]. The first-order valence-corrected chi connectivity index (χ1v) is 8.23. The lowest BCUT2D eigenvalue weighted by Gasteiger charge is -2.19. The molecular formula is C19H19N3O4. The van der Waals surface area contributed by atoms with E-state index in [1.165, 1.54) is 23.8 Å². The van der Waals surface area contributed by atoms with E-state index in [0.717, 1.165) is 11.4 Å². The third-order valence-corrected chi connectivity index (χ3v) is 4.31. The summed E-state index contributed by atoms with van der Waals surface area (Å²) in [5.74, 6) is 0.396. The summed E-state index contributed by atoms with van der Waals surface area (Å²) in [6.45, 7) is 2.97. The van der Waals surface area contributed by atoms with Crippen LogP contribution in [0.5, 0.6) is 0 Å². The number of hydrogen-bond donors (Lipinski definition) is 0. The summed E-state index contributed by atoms with van der Waals surface area (Å²) in [6.07, 6.45) is 0. The molecule has 1 aliphatic rings. The molecule has 134 valence electrons. The molecule has 0 N–H and O–H groups in total. The van der Waals surface area contributed by atoms with Crippen LogP contribution in [-0.4, -0.2) is 41.8 Å². The van der Waals surface area contributed by atoms with E-state index in [9.17, 15) is 14.9 Å². The number of carbonyl (C=O) groups excluding carboxylic acids is 1. The third kappa shape index (κ3) is 3.56. The predicted octanol–water partition coefficient (Wildman–Crippen LogP) is 2.95. The summed E-state index contributed by atoms with van der Waals surface area (Å²) >= 11 is 0. The minimum absolute atomic E-state index is 0.0146. The molecule has 0 aliphatic carbocycles. The van der Waals surface area contributed by atoms with E-state index in [4.69, 9.17) is 4.74 Å². The van der Waals surface area contributed by atoms with Gasteiger partial charge in [-0.3, -0.25) is 15.1 Å². The highest BCUT2D eigenvalue weighted by atomic mass is 16.6. The molecule has 7 heteroatoms. The van der Waals surface area contributed by atoms with Crippen molar-refractivity contribution in [1.29, 1.82) is 0 Å². The maximum absolute atomic E-state index is 12.1. The summed E-state index contributed by atoms with van der Waals surface area (Å²) < 4.78 is 5.30. The first-order valence-electron chi connectivity index (χ1n) is 8.23. The molecule has 0 unspecified atom stereocenters. The van der Waals surface area contributed by atoms with Crippen molar-refractivity contribution >= 4 is 17.5 Å². The average Bonchev–Trinajstić information content (AvgIpc) is 3.05. The van der Waals surface area contributed by atoms with Crippen LogP contribution in [0.15, 0.2) is 47.5 Å². The number of nitro groups is 1. The van der Waals surface area contributed by atoms with Gasteiger partial charge in [-0.15, -0.1) is 0 Å². The van der Waals surface area contributed by atoms with Gasteiger partial charge in [-0.25, -0.2) is 4.79 Å². The van der Waals surface area contributed by atoms with Crippen LogP contribution in [0.1, 0.15) is 27.0 Å². The molecule has 0 radical (unpaired) electrons. The molecule has 1 aliphatic heterocycles. The minimum atomic E-state index is -0.495. The molecule has 7 nitrogen and oxygen atoms in total. The second-order valence-electron chi connectivity index (χ2n) is 6.11. The number of aryl methyl sites for hydroxylation is 1. The number of aliphatic imine (C=N–C) groups is 1. The highest BCUT2D eigenvalue weighted by molar-refractivity contribution is 6.01. The smallest absolute Gasteiger partial charge is 0.338 e. The monoisotopic (exact) mass is 353 g/mol. The number of esters is 1. The van der Waals surface area contributed by atoms with E-state index in [0.29, 0.717) is 24.2 Å². The number of likely N-dealkylation sites (N-methyl/N-ethyl adjacent to an activating group) is 1. The average molecular weight is 353 g/mol. The van der Waals surface area contributed by atoms with Gasteiger partial charge in [-0.05, 0) is 24.6 Å². The van der Waals surface area contributed by atoms with Crippen molar-refractivity contribution in [2.45, 2.75) is 13.5 Å². The van der Waals surface area contributed by atoms with E-state index in [1.807, 2.05) is 30.1 Å². The van der Waals surface area contributed by atoms with Gasteiger partial charge in [0.05, 0.1) is 23.6 Å². The Morgan fingerprint density at radius 3 is 2.81 bits per heavy atom. The first-order chi connectivity index (χ1) is 12.5. The molecule has 0 bridgehead atoms. The van der Waals surface area contributed by atoms with Gasteiger partial charge < -0.3 is 9.64 Å². The number of carbonyl (C=O) groups is 1. The Morgan fingerprint density at radius 1 is 1.31 bits per heavy atom. The fraction of sp³-hybridized carbons (Fsp3) is 0.263. The highest BCUT2D eigenvalue weighted by Crippen LogP contribution is 2.20. The molecule has 2 aromatic carbocycles. The van der Waals surface area contributed by atoms with Crippen LogP contribution in [0.2, 0.25) is 0 Å². The Balaban J connectivity index is 1.56. The largest absolute Gasteiger partial charge is 0.460 e. The number of benzene rings is 2. The van der Waals surface area contributed by atoms with Crippen LogP contribution in [0, 0.1) is 17.0 Å². The fourth-order valence-electron chi connectivity index (χ4n) is 2.90. The molecule has 0 spiro atoms. The van der Waals surface area contributed by atoms with Gasteiger partial charge in [0.1, 0.15) is 12.4 Å². The molecule has 0 aromatic heterocycles. The van der Waals surface area contributed by atoms with Crippen molar-refractivity contribution in [3.05, 3.63) is 74.8 Å².